The van der Waals surface area contributed by atoms with Crippen molar-refractivity contribution in [2.24, 2.45) is 0 Å². The van der Waals surface area contributed by atoms with Crippen LogP contribution in [0.3, 0.4) is 0 Å². The number of nitrogens with one attached hydrogen (secondary N) is 1. The van der Waals surface area contributed by atoms with Gasteiger partial charge in [0.1, 0.15) is 0 Å². The van der Waals surface area contributed by atoms with Gasteiger partial charge in [0.2, 0.25) is 5.89 Å². The number of hydrogen-bond acceptors (Lipinski definition) is 7. The third-order valence-electron chi connectivity index (χ3n) is 4.22. The summed E-state index contributed by atoms with van der Waals surface area (Å²) in [5, 5.41) is 7.56. The molecule has 8 heteroatoms. The highest BCUT2D eigenvalue weighted by Crippen LogP contribution is 2.23. The molecule has 0 bridgehead atoms. The van der Waals surface area contributed by atoms with E-state index < -0.39 is 0 Å². The van der Waals surface area contributed by atoms with E-state index in [1.165, 1.54) is 0 Å². The zero-order chi connectivity index (χ0) is 13.9. The van der Waals surface area contributed by atoms with E-state index in [2.05, 4.69) is 39.2 Å². The molecule has 0 radical (unpaired) electrons. The molecule has 2 aliphatic rings. The van der Waals surface area contributed by atoms with E-state index in [0.29, 0.717) is 5.89 Å². The number of piperazine rings is 1. The molecule has 120 valence electrons. The standard InChI is InChI=1S/C13H23N5O2.ClH/c1-10(18-5-7-19-8-6-18)13-15-12(16-20-13)11-9-14-3-4-17(11)2;/h10-11,14H,3-9H2,1-2H3;1H. The van der Waals surface area contributed by atoms with Crippen molar-refractivity contribution in [3.8, 4) is 0 Å². The van der Waals surface area contributed by atoms with Gasteiger partial charge in [-0.15, -0.1) is 12.4 Å². The number of likely N-dealkylation sites (N-methyl/N-ethyl adjacent to an activating group) is 1. The Kier molecular flexibility index (Phi) is 5.95. The SMILES string of the molecule is CC(c1nc(C2CNCCN2C)no1)N1CCOCC1.Cl. The van der Waals surface area contributed by atoms with Crippen LogP contribution < -0.4 is 5.32 Å². The van der Waals surface area contributed by atoms with Crippen molar-refractivity contribution in [3.63, 3.8) is 0 Å². The molecule has 2 atom stereocenters. The van der Waals surface area contributed by atoms with Crippen LogP contribution in [0.2, 0.25) is 0 Å². The minimum atomic E-state index is 0. The van der Waals surface area contributed by atoms with Gasteiger partial charge in [-0.05, 0) is 14.0 Å². The highest BCUT2D eigenvalue weighted by atomic mass is 35.5. The zero-order valence-corrected chi connectivity index (χ0v) is 13.4. The van der Waals surface area contributed by atoms with Crippen molar-refractivity contribution < 1.29 is 9.26 Å². The Bertz CT molecular complexity index is 438. The summed E-state index contributed by atoms with van der Waals surface area (Å²) >= 11 is 0. The quantitative estimate of drug-likeness (QED) is 0.868. The van der Waals surface area contributed by atoms with Crippen molar-refractivity contribution in [1.29, 1.82) is 0 Å². The van der Waals surface area contributed by atoms with Crippen molar-refractivity contribution in [2.45, 2.75) is 19.0 Å². The van der Waals surface area contributed by atoms with Crippen LogP contribution in [0.5, 0.6) is 0 Å². The van der Waals surface area contributed by atoms with E-state index in [1.54, 1.807) is 0 Å². The van der Waals surface area contributed by atoms with Gasteiger partial charge in [0.25, 0.3) is 0 Å². The summed E-state index contributed by atoms with van der Waals surface area (Å²) in [5.74, 6) is 1.50. The predicted molar refractivity (Wildman–Crippen MR) is 80.6 cm³/mol. The fraction of sp³-hybridized carbons (Fsp3) is 0.846. The number of morpholine rings is 1. The smallest absolute Gasteiger partial charge is 0.243 e. The molecule has 2 saturated heterocycles. The number of aromatic nitrogens is 2. The highest BCUT2D eigenvalue weighted by Gasteiger charge is 2.28. The van der Waals surface area contributed by atoms with E-state index in [-0.39, 0.29) is 24.5 Å². The Balaban J connectivity index is 0.00000161. The third-order valence-corrected chi connectivity index (χ3v) is 4.22. The topological polar surface area (TPSA) is 66.7 Å². The molecule has 1 aromatic heterocycles. The molecule has 0 aromatic carbocycles. The molecule has 2 aliphatic heterocycles. The van der Waals surface area contributed by atoms with Crippen molar-refractivity contribution in [1.82, 2.24) is 25.3 Å². The fourth-order valence-electron chi connectivity index (χ4n) is 2.77. The van der Waals surface area contributed by atoms with Gasteiger partial charge in [-0.25, -0.2) is 0 Å². The van der Waals surface area contributed by atoms with Crippen molar-refractivity contribution >= 4 is 12.4 Å². The number of hydrogen-bond donors (Lipinski definition) is 1. The molecule has 0 aliphatic carbocycles. The minimum Gasteiger partial charge on any atom is -0.379 e. The van der Waals surface area contributed by atoms with Gasteiger partial charge in [-0.2, -0.15) is 4.98 Å². The molecule has 7 nitrogen and oxygen atoms in total. The first-order valence-electron chi connectivity index (χ1n) is 7.32. The van der Waals surface area contributed by atoms with Gasteiger partial charge in [0.05, 0.1) is 25.3 Å². The predicted octanol–water partition coefficient (Wildman–Crippen LogP) is 0.461. The monoisotopic (exact) mass is 317 g/mol. The average Bonchev–Trinajstić information content (AvgIpc) is 2.97. The van der Waals surface area contributed by atoms with Crippen LogP contribution in [0.25, 0.3) is 0 Å². The van der Waals surface area contributed by atoms with Crippen LogP contribution in [-0.2, 0) is 4.74 Å². The lowest BCUT2D eigenvalue weighted by Crippen LogP contribution is -2.44. The third kappa shape index (κ3) is 3.73. The van der Waals surface area contributed by atoms with Crippen molar-refractivity contribution in [3.05, 3.63) is 11.7 Å². The Morgan fingerprint density at radius 3 is 2.76 bits per heavy atom. The molecular weight excluding hydrogens is 294 g/mol. The molecule has 21 heavy (non-hydrogen) atoms. The summed E-state index contributed by atoms with van der Waals surface area (Å²) in [5.41, 5.74) is 0. The second-order valence-corrected chi connectivity index (χ2v) is 5.52. The Morgan fingerprint density at radius 1 is 1.29 bits per heavy atom. The first-order chi connectivity index (χ1) is 9.75. The summed E-state index contributed by atoms with van der Waals surface area (Å²) in [6.45, 7) is 8.41. The minimum absolute atomic E-state index is 0. The molecule has 2 unspecified atom stereocenters. The molecule has 1 aromatic rings. The van der Waals surface area contributed by atoms with Crippen LogP contribution >= 0.6 is 12.4 Å². The Morgan fingerprint density at radius 2 is 2.05 bits per heavy atom. The van der Waals surface area contributed by atoms with E-state index in [9.17, 15) is 0 Å². The summed E-state index contributed by atoms with van der Waals surface area (Å²) in [6.07, 6.45) is 0. The first kappa shape index (κ1) is 16.6. The normalized spacial score (nSPS) is 26.3. The lowest BCUT2D eigenvalue weighted by Gasteiger charge is -2.31. The molecule has 0 amide bonds. The molecule has 0 spiro atoms. The molecular formula is C13H24ClN5O2. The summed E-state index contributed by atoms with van der Waals surface area (Å²) < 4.78 is 10.9. The first-order valence-corrected chi connectivity index (χ1v) is 7.32. The molecule has 3 rings (SSSR count). The van der Waals surface area contributed by atoms with E-state index in [4.69, 9.17) is 9.26 Å². The molecule has 0 saturated carbocycles. The maximum atomic E-state index is 5.48. The van der Waals surface area contributed by atoms with Gasteiger partial charge < -0.3 is 14.6 Å². The van der Waals surface area contributed by atoms with Gasteiger partial charge in [-0.1, -0.05) is 5.16 Å². The lowest BCUT2D eigenvalue weighted by atomic mass is 10.2. The van der Waals surface area contributed by atoms with Crippen LogP contribution in [-0.4, -0.2) is 72.9 Å². The maximum Gasteiger partial charge on any atom is 0.243 e. The lowest BCUT2D eigenvalue weighted by molar-refractivity contribution is 0.0134. The second-order valence-electron chi connectivity index (χ2n) is 5.52. The highest BCUT2D eigenvalue weighted by molar-refractivity contribution is 5.85. The number of nitrogens with zero attached hydrogens (tertiary/aromatic N) is 4. The maximum absolute atomic E-state index is 5.48. The summed E-state index contributed by atoms with van der Waals surface area (Å²) in [6, 6.07) is 0.361. The summed E-state index contributed by atoms with van der Waals surface area (Å²) in [4.78, 5) is 9.21. The molecule has 3 heterocycles. The van der Waals surface area contributed by atoms with Gasteiger partial charge in [0.15, 0.2) is 5.82 Å². The Labute approximate surface area is 131 Å². The zero-order valence-electron chi connectivity index (χ0n) is 12.6. The fourth-order valence-corrected chi connectivity index (χ4v) is 2.77. The van der Waals surface area contributed by atoms with Crippen LogP contribution in [0.1, 0.15) is 30.7 Å². The molecule has 1 N–H and O–H groups in total. The van der Waals surface area contributed by atoms with E-state index in [0.717, 1.165) is 51.8 Å². The Hall–Kier alpha value is -0.730. The second kappa shape index (κ2) is 7.51. The van der Waals surface area contributed by atoms with Crippen LogP contribution in [0, 0.1) is 0 Å². The van der Waals surface area contributed by atoms with Crippen LogP contribution in [0.4, 0.5) is 0 Å². The van der Waals surface area contributed by atoms with Crippen LogP contribution in [0.15, 0.2) is 4.52 Å². The van der Waals surface area contributed by atoms with Gasteiger partial charge in [0, 0.05) is 32.7 Å². The number of rotatable bonds is 3. The largest absolute Gasteiger partial charge is 0.379 e. The number of halogens is 1. The van der Waals surface area contributed by atoms with Gasteiger partial charge in [-0.3, -0.25) is 9.80 Å². The van der Waals surface area contributed by atoms with E-state index >= 15 is 0 Å². The average molecular weight is 318 g/mol. The van der Waals surface area contributed by atoms with Crippen molar-refractivity contribution in [2.75, 3.05) is 53.0 Å². The van der Waals surface area contributed by atoms with Gasteiger partial charge >= 0.3 is 0 Å². The number of ether oxygens (including phenoxy) is 1. The van der Waals surface area contributed by atoms with E-state index in [1.807, 2.05) is 0 Å². The molecule has 2 fully saturated rings. The summed E-state index contributed by atoms with van der Waals surface area (Å²) in [7, 11) is 2.10.